The number of benzene rings is 1. The molecule has 0 unspecified atom stereocenters. The van der Waals surface area contributed by atoms with E-state index in [-0.39, 0.29) is 0 Å². The third-order valence-corrected chi connectivity index (χ3v) is 3.22. The van der Waals surface area contributed by atoms with Gasteiger partial charge in [0.05, 0.1) is 18.7 Å². The van der Waals surface area contributed by atoms with Gasteiger partial charge in [0.1, 0.15) is 21.9 Å². The summed E-state index contributed by atoms with van der Waals surface area (Å²) in [5.74, 6) is 1.42. The summed E-state index contributed by atoms with van der Waals surface area (Å²) in [4.78, 5) is 7.40. The lowest BCUT2D eigenvalue weighted by atomic mass is 10.1. The number of H-pyrrole nitrogens is 1. The van der Waals surface area contributed by atoms with Crippen LogP contribution >= 0.6 is 27.5 Å². The van der Waals surface area contributed by atoms with Crippen molar-refractivity contribution in [2.75, 3.05) is 7.11 Å². The van der Waals surface area contributed by atoms with Crippen molar-refractivity contribution in [3.63, 3.8) is 0 Å². The minimum Gasteiger partial charge on any atom is -0.497 e. The fourth-order valence-corrected chi connectivity index (χ4v) is 2.28. The van der Waals surface area contributed by atoms with Crippen LogP contribution in [0.4, 0.5) is 0 Å². The highest BCUT2D eigenvalue weighted by atomic mass is 79.9. The van der Waals surface area contributed by atoms with Crippen molar-refractivity contribution in [3.8, 4) is 17.0 Å². The number of aromatic nitrogens is 2. The molecule has 4 nitrogen and oxygen atoms in total. The molecule has 1 heterocycles. The molecular formula is C11H11BrClN3O. The molecule has 0 saturated heterocycles. The molecule has 3 N–H and O–H groups in total. The monoisotopic (exact) mass is 315 g/mol. The van der Waals surface area contributed by atoms with E-state index < -0.39 is 0 Å². The van der Waals surface area contributed by atoms with E-state index in [0.717, 1.165) is 15.9 Å². The van der Waals surface area contributed by atoms with Crippen molar-refractivity contribution in [1.82, 2.24) is 9.97 Å². The van der Waals surface area contributed by atoms with Gasteiger partial charge in [0.25, 0.3) is 0 Å². The predicted octanol–water partition coefficient (Wildman–Crippen LogP) is 2.96. The number of nitrogens with one attached hydrogen (secondary N) is 1. The molecule has 0 amide bonds. The summed E-state index contributed by atoms with van der Waals surface area (Å²) in [7, 11) is 1.60. The number of rotatable bonds is 3. The van der Waals surface area contributed by atoms with Gasteiger partial charge in [-0.3, -0.25) is 0 Å². The maximum Gasteiger partial charge on any atom is 0.121 e. The Hall–Kier alpha value is -1.04. The highest BCUT2D eigenvalue weighted by Gasteiger charge is 2.13. The SMILES string of the molecule is COc1ccc(-c2nc(CN)[nH]c2Br)c(Cl)c1. The Morgan fingerprint density at radius 1 is 1.53 bits per heavy atom. The third-order valence-electron chi connectivity index (χ3n) is 2.33. The second kappa shape index (κ2) is 5.08. The molecule has 0 fully saturated rings. The van der Waals surface area contributed by atoms with Crippen molar-refractivity contribution in [2.24, 2.45) is 5.73 Å². The van der Waals surface area contributed by atoms with Gasteiger partial charge < -0.3 is 15.5 Å². The first-order valence-corrected chi connectivity index (χ1v) is 6.11. The maximum absolute atomic E-state index is 6.18. The smallest absolute Gasteiger partial charge is 0.121 e. The molecule has 0 spiro atoms. The lowest BCUT2D eigenvalue weighted by molar-refractivity contribution is 0.415. The zero-order valence-corrected chi connectivity index (χ0v) is 11.5. The van der Waals surface area contributed by atoms with Crippen molar-refractivity contribution >= 4 is 27.5 Å². The molecule has 0 bridgehead atoms. The summed E-state index contributed by atoms with van der Waals surface area (Å²) < 4.78 is 5.87. The summed E-state index contributed by atoms with van der Waals surface area (Å²) in [5.41, 5.74) is 7.10. The summed E-state index contributed by atoms with van der Waals surface area (Å²) in [6, 6.07) is 5.45. The Bertz CT molecular complexity index is 542. The first-order chi connectivity index (χ1) is 8.15. The Morgan fingerprint density at radius 3 is 2.82 bits per heavy atom. The number of methoxy groups -OCH3 is 1. The summed E-state index contributed by atoms with van der Waals surface area (Å²) in [6.45, 7) is 0.354. The summed E-state index contributed by atoms with van der Waals surface area (Å²) in [5, 5.41) is 0.583. The largest absolute Gasteiger partial charge is 0.497 e. The average Bonchev–Trinajstić information content (AvgIpc) is 2.70. The van der Waals surface area contributed by atoms with Gasteiger partial charge in [-0.05, 0) is 34.1 Å². The Labute approximate surface area is 112 Å². The number of aromatic amines is 1. The molecule has 1 aromatic heterocycles. The van der Waals surface area contributed by atoms with Gasteiger partial charge in [0.2, 0.25) is 0 Å². The van der Waals surface area contributed by atoms with E-state index in [9.17, 15) is 0 Å². The minimum atomic E-state index is 0.354. The van der Waals surface area contributed by atoms with Crippen molar-refractivity contribution in [2.45, 2.75) is 6.54 Å². The number of nitrogens with two attached hydrogens (primary N) is 1. The number of hydrogen-bond donors (Lipinski definition) is 2. The topological polar surface area (TPSA) is 63.9 Å². The van der Waals surface area contributed by atoms with E-state index >= 15 is 0 Å². The quantitative estimate of drug-likeness (QED) is 0.915. The molecule has 0 aliphatic heterocycles. The Morgan fingerprint density at radius 2 is 2.29 bits per heavy atom. The van der Waals surface area contributed by atoms with Crippen LogP contribution in [0, 0.1) is 0 Å². The van der Waals surface area contributed by atoms with Crippen molar-refractivity contribution in [1.29, 1.82) is 0 Å². The molecule has 17 heavy (non-hydrogen) atoms. The number of ether oxygens (including phenoxy) is 1. The Balaban J connectivity index is 2.48. The normalized spacial score (nSPS) is 10.6. The average molecular weight is 317 g/mol. The van der Waals surface area contributed by atoms with E-state index in [0.29, 0.717) is 23.1 Å². The molecule has 1 aromatic carbocycles. The molecular weight excluding hydrogens is 305 g/mol. The van der Waals surface area contributed by atoms with Gasteiger partial charge in [-0.15, -0.1) is 0 Å². The predicted molar refractivity (Wildman–Crippen MR) is 71.2 cm³/mol. The molecule has 2 aromatic rings. The first kappa shape index (κ1) is 12.4. The van der Waals surface area contributed by atoms with Crippen LogP contribution in [0.1, 0.15) is 5.82 Å². The van der Waals surface area contributed by atoms with Crippen LogP contribution in [-0.4, -0.2) is 17.1 Å². The van der Waals surface area contributed by atoms with Crippen LogP contribution in [-0.2, 0) is 6.54 Å². The second-order valence-electron chi connectivity index (χ2n) is 3.40. The van der Waals surface area contributed by atoms with E-state index in [1.165, 1.54) is 0 Å². The molecule has 0 aliphatic carbocycles. The first-order valence-electron chi connectivity index (χ1n) is 4.94. The third kappa shape index (κ3) is 2.46. The van der Waals surface area contributed by atoms with Crippen LogP contribution < -0.4 is 10.5 Å². The minimum absolute atomic E-state index is 0.354. The van der Waals surface area contributed by atoms with Crippen molar-refractivity contribution in [3.05, 3.63) is 33.6 Å². The summed E-state index contributed by atoms with van der Waals surface area (Å²) >= 11 is 9.58. The van der Waals surface area contributed by atoms with Crippen LogP contribution in [0.2, 0.25) is 5.02 Å². The maximum atomic E-state index is 6.18. The lowest BCUT2D eigenvalue weighted by Gasteiger charge is -2.04. The zero-order chi connectivity index (χ0) is 12.4. The van der Waals surface area contributed by atoms with Gasteiger partial charge >= 0.3 is 0 Å². The van der Waals surface area contributed by atoms with Crippen LogP contribution in [0.3, 0.4) is 0 Å². The van der Waals surface area contributed by atoms with E-state index in [2.05, 4.69) is 25.9 Å². The van der Waals surface area contributed by atoms with Crippen LogP contribution in [0.15, 0.2) is 22.8 Å². The molecule has 6 heteroatoms. The second-order valence-corrected chi connectivity index (χ2v) is 4.60. The van der Waals surface area contributed by atoms with Gasteiger partial charge in [-0.1, -0.05) is 11.6 Å². The number of imidazole rings is 1. The van der Waals surface area contributed by atoms with Gasteiger partial charge in [0, 0.05) is 5.56 Å². The Kier molecular flexibility index (Phi) is 3.71. The molecule has 0 radical (unpaired) electrons. The van der Waals surface area contributed by atoms with Gasteiger partial charge in [-0.25, -0.2) is 4.98 Å². The molecule has 90 valence electrons. The standard InChI is InChI=1S/C11H11BrClN3O/c1-17-6-2-3-7(8(13)4-6)10-11(12)16-9(5-14)15-10/h2-4H,5,14H2,1H3,(H,15,16). The highest BCUT2D eigenvalue weighted by Crippen LogP contribution is 2.33. The number of hydrogen-bond acceptors (Lipinski definition) is 3. The summed E-state index contributed by atoms with van der Waals surface area (Å²) in [6.07, 6.45) is 0. The highest BCUT2D eigenvalue weighted by molar-refractivity contribution is 9.10. The number of nitrogens with zero attached hydrogens (tertiary/aromatic N) is 1. The van der Waals surface area contributed by atoms with E-state index in [1.807, 2.05) is 12.1 Å². The molecule has 0 saturated carbocycles. The van der Waals surface area contributed by atoms with E-state index in [4.69, 9.17) is 22.1 Å². The zero-order valence-electron chi connectivity index (χ0n) is 9.13. The van der Waals surface area contributed by atoms with Crippen LogP contribution in [0.25, 0.3) is 11.3 Å². The van der Waals surface area contributed by atoms with E-state index in [1.54, 1.807) is 13.2 Å². The molecule has 0 atom stereocenters. The number of halogens is 2. The fourth-order valence-electron chi connectivity index (χ4n) is 1.49. The fraction of sp³-hybridized carbons (Fsp3) is 0.182. The van der Waals surface area contributed by atoms with Gasteiger partial charge in [-0.2, -0.15) is 0 Å². The van der Waals surface area contributed by atoms with Crippen LogP contribution in [0.5, 0.6) is 5.75 Å². The lowest BCUT2D eigenvalue weighted by Crippen LogP contribution is -1.97. The van der Waals surface area contributed by atoms with Gasteiger partial charge in [0.15, 0.2) is 0 Å². The van der Waals surface area contributed by atoms with Crippen molar-refractivity contribution < 1.29 is 4.74 Å². The molecule has 2 rings (SSSR count). The molecule has 0 aliphatic rings.